The van der Waals surface area contributed by atoms with Gasteiger partial charge in [0.15, 0.2) is 0 Å². The Labute approximate surface area is 99.5 Å². The Kier molecular flexibility index (Phi) is 4.62. The maximum Gasteiger partial charge on any atom is 0.0707 e. The molecular formula is C13H26N2O. The molecule has 2 heterocycles. The average Bonchev–Trinajstić information content (AvgIpc) is 2.64. The number of likely N-dealkylation sites (tertiary alicyclic amines) is 1. The first kappa shape index (κ1) is 12.3. The summed E-state index contributed by atoms with van der Waals surface area (Å²) in [5, 5.41) is 3.63. The molecular weight excluding hydrogens is 200 g/mol. The highest BCUT2D eigenvalue weighted by Crippen LogP contribution is 2.26. The molecule has 0 radical (unpaired) electrons. The lowest BCUT2D eigenvalue weighted by Gasteiger charge is -2.34. The van der Waals surface area contributed by atoms with Gasteiger partial charge in [0, 0.05) is 25.7 Å². The molecule has 3 unspecified atom stereocenters. The monoisotopic (exact) mass is 226 g/mol. The van der Waals surface area contributed by atoms with Gasteiger partial charge in [0.2, 0.25) is 0 Å². The zero-order valence-corrected chi connectivity index (χ0v) is 10.7. The summed E-state index contributed by atoms with van der Waals surface area (Å²) in [7, 11) is 0. The lowest BCUT2D eigenvalue weighted by Crippen LogP contribution is -2.48. The predicted molar refractivity (Wildman–Crippen MR) is 66.7 cm³/mol. The molecule has 2 aliphatic heterocycles. The highest BCUT2D eigenvalue weighted by atomic mass is 16.5. The summed E-state index contributed by atoms with van der Waals surface area (Å²) in [6, 6.07) is 0.664. The van der Waals surface area contributed by atoms with E-state index in [1.54, 1.807) is 0 Å². The summed E-state index contributed by atoms with van der Waals surface area (Å²) in [5.41, 5.74) is 0. The van der Waals surface area contributed by atoms with Crippen molar-refractivity contribution in [3.05, 3.63) is 0 Å². The molecule has 0 aliphatic carbocycles. The fraction of sp³-hybridized carbons (Fsp3) is 1.00. The molecule has 3 nitrogen and oxygen atoms in total. The Bertz CT molecular complexity index is 198. The van der Waals surface area contributed by atoms with Gasteiger partial charge in [0.1, 0.15) is 0 Å². The summed E-state index contributed by atoms with van der Waals surface area (Å²) in [6.07, 6.45) is 6.07. The van der Waals surface area contributed by atoms with E-state index in [1.807, 2.05) is 0 Å². The van der Waals surface area contributed by atoms with Crippen molar-refractivity contribution in [2.75, 3.05) is 26.2 Å². The van der Waals surface area contributed by atoms with Gasteiger partial charge in [-0.1, -0.05) is 13.8 Å². The van der Waals surface area contributed by atoms with Crippen LogP contribution in [0.1, 0.15) is 39.5 Å². The number of nitrogens with one attached hydrogen (secondary N) is 1. The van der Waals surface area contributed by atoms with Crippen LogP contribution in [0.2, 0.25) is 0 Å². The van der Waals surface area contributed by atoms with Crippen molar-refractivity contribution in [3.8, 4) is 0 Å². The molecule has 94 valence electrons. The lowest BCUT2D eigenvalue weighted by molar-refractivity contribution is -0.0407. The Balaban J connectivity index is 1.75. The van der Waals surface area contributed by atoms with Crippen LogP contribution in [0.25, 0.3) is 0 Å². The number of fused-ring (bicyclic) bond motifs is 2. The molecule has 0 spiro atoms. The Hall–Kier alpha value is -0.120. The van der Waals surface area contributed by atoms with Crippen LogP contribution < -0.4 is 5.32 Å². The molecule has 0 aromatic heterocycles. The second kappa shape index (κ2) is 5.99. The molecule has 2 bridgehead atoms. The van der Waals surface area contributed by atoms with E-state index in [9.17, 15) is 0 Å². The van der Waals surface area contributed by atoms with Crippen molar-refractivity contribution in [1.82, 2.24) is 10.2 Å². The fourth-order valence-electron chi connectivity index (χ4n) is 2.85. The average molecular weight is 226 g/mol. The van der Waals surface area contributed by atoms with E-state index < -0.39 is 0 Å². The van der Waals surface area contributed by atoms with Crippen molar-refractivity contribution in [1.29, 1.82) is 0 Å². The number of hydrogen-bond acceptors (Lipinski definition) is 3. The Morgan fingerprint density at radius 3 is 2.50 bits per heavy atom. The zero-order chi connectivity index (χ0) is 11.4. The van der Waals surface area contributed by atoms with E-state index in [0.29, 0.717) is 18.2 Å². The number of nitrogens with zero attached hydrogens (tertiary/aromatic N) is 1. The van der Waals surface area contributed by atoms with Crippen LogP contribution in [0.15, 0.2) is 0 Å². The summed E-state index contributed by atoms with van der Waals surface area (Å²) in [5.74, 6) is 0. The standard InChI is InChI=1S/C13H26N2O/c1-3-7-14-11(4-2)8-15-9-12-5-6-13(10-15)16-12/h11-14H,3-10H2,1-2H3. The maximum absolute atomic E-state index is 5.86. The first-order chi connectivity index (χ1) is 7.81. The van der Waals surface area contributed by atoms with Crippen LogP contribution in [0.5, 0.6) is 0 Å². The van der Waals surface area contributed by atoms with E-state index in [1.165, 1.54) is 32.2 Å². The van der Waals surface area contributed by atoms with E-state index in [2.05, 4.69) is 24.1 Å². The molecule has 16 heavy (non-hydrogen) atoms. The van der Waals surface area contributed by atoms with Crippen molar-refractivity contribution in [2.45, 2.75) is 57.8 Å². The minimum absolute atomic E-state index is 0.530. The number of ether oxygens (including phenoxy) is 1. The van der Waals surface area contributed by atoms with Crippen molar-refractivity contribution in [2.24, 2.45) is 0 Å². The van der Waals surface area contributed by atoms with Crippen molar-refractivity contribution in [3.63, 3.8) is 0 Å². The Morgan fingerprint density at radius 1 is 1.25 bits per heavy atom. The topological polar surface area (TPSA) is 24.5 Å². The minimum atomic E-state index is 0.530. The van der Waals surface area contributed by atoms with Gasteiger partial charge in [0.25, 0.3) is 0 Å². The highest BCUT2D eigenvalue weighted by Gasteiger charge is 2.33. The molecule has 3 heteroatoms. The van der Waals surface area contributed by atoms with Crippen molar-refractivity contribution >= 4 is 0 Å². The van der Waals surface area contributed by atoms with E-state index in [0.717, 1.165) is 19.6 Å². The summed E-state index contributed by atoms with van der Waals surface area (Å²) in [6.45, 7) is 9.17. The number of morpholine rings is 1. The molecule has 3 atom stereocenters. The van der Waals surface area contributed by atoms with E-state index >= 15 is 0 Å². The van der Waals surface area contributed by atoms with Crippen molar-refractivity contribution < 1.29 is 4.74 Å². The van der Waals surface area contributed by atoms with Gasteiger partial charge in [-0.3, -0.25) is 4.90 Å². The predicted octanol–water partition coefficient (Wildman–Crippen LogP) is 1.63. The molecule has 2 aliphatic rings. The summed E-state index contributed by atoms with van der Waals surface area (Å²) in [4.78, 5) is 2.60. The third-order valence-electron chi connectivity index (χ3n) is 3.77. The van der Waals surface area contributed by atoms with Gasteiger partial charge >= 0.3 is 0 Å². The molecule has 0 amide bonds. The molecule has 0 aromatic rings. The molecule has 0 aromatic carbocycles. The van der Waals surface area contributed by atoms with Gasteiger partial charge in [-0.2, -0.15) is 0 Å². The SMILES string of the molecule is CCCNC(CC)CN1CC2CCC(C1)O2. The molecule has 1 N–H and O–H groups in total. The smallest absolute Gasteiger partial charge is 0.0707 e. The van der Waals surface area contributed by atoms with Gasteiger partial charge in [-0.05, 0) is 32.2 Å². The maximum atomic E-state index is 5.86. The highest BCUT2D eigenvalue weighted by molar-refractivity contribution is 4.86. The first-order valence-electron chi connectivity index (χ1n) is 6.93. The van der Waals surface area contributed by atoms with Gasteiger partial charge in [-0.15, -0.1) is 0 Å². The lowest BCUT2D eigenvalue weighted by atomic mass is 10.2. The Morgan fingerprint density at radius 2 is 1.94 bits per heavy atom. The minimum Gasteiger partial charge on any atom is -0.372 e. The van der Waals surface area contributed by atoms with Gasteiger partial charge < -0.3 is 10.1 Å². The quantitative estimate of drug-likeness (QED) is 0.745. The van der Waals surface area contributed by atoms with Gasteiger partial charge in [0.05, 0.1) is 12.2 Å². The fourth-order valence-corrected chi connectivity index (χ4v) is 2.85. The molecule has 2 rings (SSSR count). The van der Waals surface area contributed by atoms with Crippen LogP contribution in [0, 0.1) is 0 Å². The molecule has 2 fully saturated rings. The van der Waals surface area contributed by atoms with Gasteiger partial charge in [-0.25, -0.2) is 0 Å². The second-order valence-corrected chi connectivity index (χ2v) is 5.24. The summed E-state index contributed by atoms with van der Waals surface area (Å²) >= 11 is 0. The summed E-state index contributed by atoms with van der Waals surface area (Å²) < 4.78 is 5.86. The molecule has 2 saturated heterocycles. The third-order valence-corrected chi connectivity index (χ3v) is 3.77. The third kappa shape index (κ3) is 3.19. The molecule has 0 saturated carbocycles. The first-order valence-corrected chi connectivity index (χ1v) is 6.93. The second-order valence-electron chi connectivity index (χ2n) is 5.24. The van der Waals surface area contributed by atoms with Crippen LogP contribution in [0.3, 0.4) is 0 Å². The zero-order valence-electron chi connectivity index (χ0n) is 10.7. The van der Waals surface area contributed by atoms with E-state index in [4.69, 9.17) is 4.74 Å². The van der Waals surface area contributed by atoms with Crippen LogP contribution in [0.4, 0.5) is 0 Å². The number of hydrogen-bond donors (Lipinski definition) is 1. The normalized spacial score (nSPS) is 31.9. The van der Waals surface area contributed by atoms with Crippen LogP contribution >= 0.6 is 0 Å². The van der Waals surface area contributed by atoms with E-state index in [-0.39, 0.29) is 0 Å². The van der Waals surface area contributed by atoms with Crippen LogP contribution in [-0.2, 0) is 4.74 Å². The number of rotatable bonds is 6. The van der Waals surface area contributed by atoms with Crippen LogP contribution in [-0.4, -0.2) is 49.3 Å². The largest absolute Gasteiger partial charge is 0.372 e.